The van der Waals surface area contributed by atoms with E-state index in [-0.39, 0.29) is 13.0 Å². The largest absolute Gasteiger partial charge is 0.481 e. The number of aliphatic carboxylic acids is 4. The molecule has 5 N–H and O–H groups in total. The Morgan fingerprint density at radius 3 is 1.71 bits per heavy atom. The highest BCUT2D eigenvalue weighted by Gasteiger charge is 2.58. The van der Waals surface area contributed by atoms with E-state index >= 15 is 0 Å². The normalized spacial score (nSPS) is 38.5. The summed E-state index contributed by atoms with van der Waals surface area (Å²) < 4.78 is 0. The Balaban J connectivity index is 2.54. The zero-order chi connectivity index (χ0) is 15.9. The van der Waals surface area contributed by atoms with Crippen LogP contribution in [0.3, 0.4) is 0 Å². The van der Waals surface area contributed by atoms with Gasteiger partial charge in [0.25, 0.3) is 0 Å². The van der Waals surface area contributed by atoms with Crippen molar-refractivity contribution in [1.29, 1.82) is 0 Å². The van der Waals surface area contributed by atoms with Gasteiger partial charge in [0.15, 0.2) is 0 Å². The second-order valence-corrected chi connectivity index (χ2v) is 5.45. The van der Waals surface area contributed by atoms with E-state index in [1.54, 1.807) is 0 Å². The first kappa shape index (κ1) is 15.2. The Hall–Kier alpha value is -2.16. The molecule has 2 heterocycles. The summed E-state index contributed by atoms with van der Waals surface area (Å²) >= 11 is 0. The maximum Gasteiger partial charge on any atom is 0.309 e. The first-order valence-electron chi connectivity index (χ1n) is 6.40. The van der Waals surface area contributed by atoms with Gasteiger partial charge in [-0.25, -0.2) is 0 Å². The van der Waals surface area contributed by atoms with Gasteiger partial charge in [-0.3, -0.25) is 19.2 Å². The minimum atomic E-state index is -1.47. The lowest BCUT2D eigenvalue weighted by Gasteiger charge is -2.38. The minimum Gasteiger partial charge on any atom is -0.481 e. The van der Waals surface area contributed by atoms with Gasteiger partial charge in [0.2, 0.25) is 0 Å². The lowest BCUT2D eigenvalue weighted by molar-refractivity contribution is -0.162. The summed E-state index contributed by atoms with van der Waals surface area (Å²) in [5, 5.41) is 39.8. The zero-order valence-electron chi connectivity index (χ0n) is 10.8. The molecule has 21 heavy (non-hydrogen) atoms. The van der Waals surface area contributed by atoms with Crippen molar-refractivity contribution in [3.05, 3.63) is 0 Å². The van der Waals surface area contributed by atoms with E-state index in [0.29, 0.717) is 0 Å². The number of carboxylic acid groups (broad SMARTS) is 4. The highest BCUT2D eigenvalue weighted by Crippen LogP contribution is 2.43. The maximum absolute atomic E-state index is 11.4. The quantitative estimate of drug-likeness (QED) is 0.428. The Morgan fingerprint density at radius 1 is 0.762 bits per heavy atom. The lowest BCUT2D eigenvalue weighted by Crippen LogP contribution is -2.58. The molecule has 0 aromatic rings. The number of carboxylic acids is 4. The molecule has 2 bridgehead atoms. The third-order valence-corrected chi connectivity index (χ3v) is 4.49. The Labute approximate surface area is 118 Å². The first-order valence-corrected chi connectivity index (χ1v) is 6.40. The summed E-state index contributed by atoms with van der Waals surface area (Å²) in [4.78, 5) is 45.5. The van der Waals surface area contributed by atoms with Crippen LogP contribution in [0.2, 0.25) is 0 Å². The molecule has 3 aliphatic rings. The van der Waals surface area contributed by atoms with E-state index in [1.165, 1.54) is 0 Å². The first-order chi connectivity index (χ1) is 9.75. The SMILES string of the molecule is O=C(O)C1CC(C(=O)O)C2NCC1C(C(=O)O)C2C(=O)O. The van der Waals surface area contributed by atoms with Crippen molar-refractivity contribution in [2.45, 2.75) is 12.5 Å². The maximum atomic E-state index is 11.4. The van der Waals surface area contributed by atoms with Crippen LogP contribution in [0, 0.1) is 29.6 Å². The number of hydrogen-bond donors (Lipinski definition) is 5. The monoisotopic (exact) mass is 301 g/mol. The molecule has 0 aromatic heterocycles. The van der Waals surface area contributed by atoms with Crippen molar-refractivity contribution < 1.29 is 39.6 Å². The van der Waals surface area contributed by atoms with Gasteiger partial charge in [0, 0.05) is 6.04 Å². The van der Waals surface area contributed by atoms with Crippen molar-refractivity contribution in [1.82, 2.24) is 5.32 Å². The average Bonchev–Trinajstić information content (AvgIpc) is 2.64. The molecule has 3 fully saturated rings. The molecule has 0 radical (unpaired) electrons. The van der Waals surface area contributed by atoms with E-state index in [1.807, 2.05) is 0 Å². The highest BCUT2D eigenvalue weighted by molar-refractivity contribution is 5.85. The molecule has 1 aliphatic carbocycles. The van der Waals surface area contributed by atoms with Crippen LogP contribution in [0.1, 0.15) is 6.42 Å². The van der Waals surface area contributed by atoms with Crippen LogP contribution in [0.15, 0.2) is 0 Å². The van der Waals surface area contributed by atoms with Gasteiger partial charge in [0.05, 0.1) is 23.7 Å². The molecule has 2 saturated heterocycles. The van der Waals surface area contributed by atoms with Crippen LogP contribution < -0.4 is 5.32 Å². The van der Waals surface area contributed by atoms with Crippen molar-refractivity contribution in [3.63, 3.8) is 0 Å². The molecular formula is C12H15NO8. The predicted molar refractivity (Wildman–Crippen MR) is 64.4 cm³/mol. The summed E-state index contributed by atoms with van der Waals surface area (Å²) in [6, 6.07) is -1.10. The van der Waals surface area contributed by atoms with E-state index in [0.717, 1.165) is 0 Å². The molecule has 6 unspecified atom stereocenters. The van der Waals surface area contributed by atoms with Crippen LogP contribution in [-0.4, -0.2) is 56.9 Å². The van der Waals surface area contributed by atoms with Gasteiger partial charge in [0.1, 0.15) is 0 Å². The van der Waals surface area contributed by atoms with Crippen molar-refractivity contribution in [3.8, 4) is 0 Å². The van der Waals surface area contributed by atoms with Crippen molar-refractivity contribution >= 4 is 23.9 Å². The van der Waals surface area contributed by atoms with E-state index < -0.39 is 59.5 Å². The number of rotatable bonds is 4. The molecule has 9 heteroatoms. The Kier molecular flexibility index (Phi) is 3.86. The fourth-order valence-electron chi connectivity index (χ4n) is 3.58. The molecule has 0 amide bonds. The van der Waals surface area contributed by atoms with Crippen LogP contribution in [0.5, 0.6) is 0 Å². The molecular weight excluding hydrogens is 286 g/mol. The summed E-state index contributed by atoms with van der Waals surface area (Å²) in [7, 11) is 0. The number of nitrogens with one attached hydrogen (secondary N) is 1. The average molecular weight is 301 g/mol. The van der Waals surface area contributed by atoms with Gasteiger partial charge in [-0.2, -0.15) is 0 Å². The van der Waals surface area contributed by atoms with Crippen LogP contribution in [0.25, 0.3) is 0 Å². The molecule has 9 nitrogen and oxygen atoms in total. The topological polar surface area (TPSA) is 161 Å². The number of carbonyl (C=O) groups is 4. The fraction of sp³-hybridized carbons (Fsp3) is 0.667. The third kappa shape index (κ3) is 2.44. The number of piperidine rings is 1. The second-order valence-electron chi connectivity index (χ2n) is 5.45. The lowest BCUT2D eigenvalue weighted by atomic mass is 9.72. The molecule has 1 saturated carbocycles. The zero-order valence-corrected chi connectivity index (χ0v) is 10.8. The van der Waals surface area contributed by atoms with Crippen LogP contribution >= 0.6 is 0 Å². The predicted octanol–water partition coefficient (Wildman–Crippen LogP) is -1.22. The standard InChI is InChI=1S/C12H15NO8/c14-9(15)3-1-4(10(16)17)8-7(12(20)21)6(11(18)19)5(3)2-13-8/h3-8,13H,1-2H2,(H,14,15)(H,16,17)(H,18,19)(H,20,21). The van der Waals surface area contributed by atoms with Gasteiger partial charge >= 0.3 is 23.9 Å². The second kappa shape index (κ2) is 5.32. The fourth-order valence-corrected chi connectivity index (χ4v) is 3.58. The minimum absolute atomic E-state index is 0.0217. The molecule has 6 atom stereocenters. The van der Waals surface area contributed by atoms with Gasteiger partial charge in [-0.15, -0.1) is 0 Å². The molecule has 0 spiro atoms. The molecule has 3 rings (SSSR count). The third-order valence-electron chi connectivity index (χ3n) is 4.49. The van der Waals surface area contributed by atoms with Crippen molar-refractivity contribution in [2.24, 2.45) is 29.6 Å². The van der Waals surface area contributed by atoms with Gasteiger partial charge in [-0.1, -0.05) is 0 Å². The Morgan fingerprint density at radius 2 is 1.29 bits per heavy atom. The van der Waals surface area contributed by atoms with Gasteiger partial charge in [-0.05, 0) is 18.9 Å². The number of hydrogen-bond acceptors (Lipinski definition) is 5. The molecule has 2 aliphatic heterocycles. The van der Waals surface area contributed by atoms with E-state index in [4.69, 9.17) is 0 Å². The van der Waals surface area contributed by atoms with Crippen molar-refractivity contribution in [2.75, 3.05) is 6.54 Å². The summed E-state index contributed by atoms with van der Waals surface area (Å²) in [6.45, 7) is -0.0217. The van der Waals surface area contributed by atoms with Gasteiger partial charge < -0.3 is 25.7 Å². The Bertz CT molecular complexity index is 459. The summed E-state index contributed by atoms with van der Waals surface area (Å²) in [5.74, 6) is -11.7. The van der Waals surface area contributed by atoms with Crippen LogP contribution in [0.4, 0.5) is 0 Å². The highest BCUT2D eigenvalue weighted by atomic mass is 16.4. The smallest absolute Gasteiger partial charge is 0.309 e. The number of fused-ring (bicyclic) bond motifs is 4. The van der Waals surface area contributed by atoms with Crippen LogP contribution in [-0.2, 0) is 19.2 Å². The molecule has 116 valence electrons. The van der Waals surface area contributed by atoms with E-state index in [9.17, 15) is 39.6 Å². The van der Waals surface area contributed by atoms with E-state index in [2.05, 4.69) is 5.32 Å². The summed E-state index contributed by atoms with van der Waals surface area (Å²) in [5.41, 5.74) is 0. The molecule has 0 aromatic carbocycles. The summed E-state index contributed by atoms with van der Waals surface area (Å²) in [6.07, 6.45) is -0.277.